The van der Waals surface area contributed by atoms with Crippen molar-refractivity contribution in [2.24, 2.45) is 0 Å². The van der Waals surface area contributed by atoms with Gasteiger partial charge in [-0.25, -0.2) is 4.98 Å². The SMILES string of the molecule is Cc1nc(C(C)C)n(C(C)(C)C)c1N. The maximum atomic E-state index is 6.03. The zero-order valence-corrected chi connectivity index (χ0v) is 10.0. The molecule has 0 fully saturated rings. The Hall–Kier alpha value is -0.990. The molecule has 1 rings (SSSR count). The first-order valence-electron chi connectivity index (χ1n) is 5.10. The third kappa shape index (κ3) is 1.76. The molecule has 0 bridgehead atoms. The largest absolute Gasteiger partial charge is 0.384 e. The molecule has 1 aromatic heterocycles. The lowest BCUT2D eigenvalue weighted by Crippen LogP contribution is -2.26. The molecule has 0 spiro atoms. The molecule has 0 aliphatic carbocycles. The van der Waals surface area contributed by atoms with Gasteiger partial charge in [0.25, 0.3) is 0 Å². The molecule has 3 nitrogen and oxygen atoms in total. The first-order chi connectivity index (χ1) is 6.25. The second-order valence-electron chi connectivity index (χ2n) is 5.10. The summed E-state index contributed by atoms with van der Waals surface area (Å²) in [4.78, 5) is 4.51. The average Bonchev–Trinajstić information content (AvgIpc) is 2.27. The highest BCUT2D eigenvalue weighted by Crippen LogP contribution is 2.28. The molecule has 0 aliphatic heterocycles. The van der Waals surface area contributed by atoms with Crippen LogP contribution in [-0.4, -0.2) is 9.55 Å². The number of nitrogens with two attached hydrogens (primary N) is 1. The van der Waals surface area contributed by atoms with Crippen molar-refractivity contribution >= 4 is 5.82 Å². The Bertz CT molecular complexity index is 329. The normalized spacial score (nSPS) is 12.5. The highest BCUT2D eigenvalue weighted by Gasteiger charge is 2.23. The molecule has 0 saturated carbocycles. The summed E-state index contributed by atoms with van der Waals surface area (Å²) in [5.41, 5.74) is 6.97. The van der Waals surface area contributed by atoms with Gasteiger partial charge in [0.05, 0.1) is 5.69 Å². The molecule has 0 aliphatic rings. The molecule has 2 N–H and O–H groups in total. The number of hydrogen-bond donors (Lipinski definition) is 1. The highest BCUT2D eigenvalue weighted by atomic mass is 15.2. The van der Waals surface area contributed by atoms with Crippen LogP contribution in [0.3, 0.4) is 0 Å². The molecular weight excluding hydrogens is 174 g/mol. The molecule has 0 atom stereocenters. The molecule has 0 amide bonds. The predicted octanol–water partition coefficient (Wildman–Crippen LogP) is 2.65. The summed E-state index contributed by atoms with van der Waals surface area (Å²) in [7, 11) is 0. The van der Waals surface area contributed by atoms with Crippen LogP contribution in [0.1, 0.15) is 52.1 Å². The lowest BCUT2D eigenvalue weighted by molar-refractivity contribution is 0.382. The summed E-state index contributed by atoms with van der Waals surface area (Å²) < 4.78 is 2.13. The number of aromatic nitrogens is 2. The van der Waals surface area contributed by atoms with Crippen molar-refractivity contribution in [1.29, 1.82) is 0 Å². The lowest BCUT2D eigenvalue weighted by atomic mass is 10.1. The predicted molar refractivity (Wildman–Crippen MR) is 60.5 cm³/mol. The van der Waals surface area contributed by atoms with Crippen LogP contribution in [0.5, 0.6) is 0 Å². The van der Waals surface area contributed by atoms with Crippen molar-refractivity contribution in [2.75, 3.05) is 5.73 Å². The number of nitrogens with zero attached hydrogens (tertiary/aromatic N) is 2. The zero-order chi connectivity index (χ0) is 11.1. The minimum atomic E-state index is 0.00491. The summed E-state index contributed by atoms with van der Waals surface area (Å²) >= 11 is 0. The lowest BCUT2D eigenvalue weighted by Gasteiger charge is -2.26. The van der Waals surface area contributed by atoms with E-state index in [1.807, 2.05) is 6.92 Å². The molecule has 0 unspecified atom stereocenters. The van der Waals surface area contributed by atoms with Gasteiger partial charge in [-0.3, -0.25) is 0 Å². The fraction of sp³-hybridized carbons (Fsp3) is 0.727. The first kappa shape index (κ1) is 11.1. The van der Waals surface area contributed by atoms with Crippen LogP contribution < -0.4 is 5.73 Å². The highest BCUT2D eigenvalue weighted by molar-refractivity contribution is 5.39. The van der Waals surface area contributed by atoms with Crippen LogP contribution in [0.15, 0.2) is 0 Å². The van der Waals surface area contributed by atoms with E-state index in [2.05, 4.69) is 44.2 Å². The fourth-order valence-electron chi connectivity index (χ4n) is 1.66. The van der Waals surface area contributed by atoms with Crippen molar-refractivity contribution in [1.82, 2.24) is 9.55 Å². The van der Waals surface area contributed by atoms with Crippen LogP contribution in [0.2, 0.25) is 0 Å². The average molecular weight is 195 g/mol. The van der Waals surface area contributed by atoms with E-state index >= 15 is 0 Å². The maximum absolute atomic E-state index is 6.03. The van der Waals surface area contributed by atoms with E-state index in [9.17, 15) is 0 Å². The molecule has 0 aromatic carbocycles. The summed E-state index contributed by atoms with van der Waals surface area (Å²) in [6, 6.07) is 0. The van der Waals surface area contributed by atoms with Crippen LogP contribution in [-0.2, 0) is 5.54 Å². The Labute approximate surface area is 86.3 Å². The van der Waals surface area contributed by atoms with E-state index in [4.69, 9.17) is 5.73 Å². The summed E-state index contributed by atoms with van der Waals surface area (Å²) in [6.07, 6.45) is 0. The van der Waals surface area contributed by atoms with Crippen molar-refractivity contribution in [2.45, 2.75) is 53.0 Å². The first-order valence-corrected chi connectivity index (χ1v) is 5.10. The number of rotatable bonds is 1. The van der Waals surface area contributed by atoms with E-state index in [1.165, 1.54) is 0 Å². The van der Waals surface area contributed by atoms with Crippen LogP contribution in [0.4, 0.5) is 5.82 Å². The summed E-state index contributed by atoms with van der Waals surface area (Å²) in [6.45, 7) is 12.7. The van der Waals surface area contributed by atoms with Gasteiger partial charge in [-0.15, -0.1) is 0 Å². The third-order valence-corrected chi connectivity index (χ3v) is 2.31. The van der Waals surface area contributed by atoms with Crippen LogP contribution in [0.25, 0.3) is 0 Å². The standard InChI is InChI=1S/C11H21N3/c1-7(2)10-13-8(3)9(12)14(10)11(4,5)6/h7H,12H2,1-6H3. The Kier molecular flexibility index (Phi) is 2.61. The van der Waals surface area contributed by atoms with Crippen molar-refractivity contribution in [3.05, 3.63) is 11.5 Å². The number of anilines is 1. The van der Waals surface area contributed by atoms with Gasteiger partial charge >= 0.3 is 0 Å². The van der Waals surface area contributed by atoms with Crippen LogP contribution >= 0.6 is 0 Å². The fourth-order valence-corrected chi connectivity index (χ4v) is 1.66. The molecular formula is C11H21N3. The van der Waals surface area contributed by atoms with Gasteiger partial charge in [0, 0.05) is 11.5 Å². The van der Waals surface area contributed by atoms with Crippen molar-refractivity contribution in [3.63, 3.8) is 0 Å². The topological polar surface area (TPSA) is 43.8 Å². The zero-order valence-electron chi connectivity index (χ0n) is 10.0. The van der Waals surface area contributed by atoms with Crippen molar-refractivity contribution in [3.8, 4) is 0 Å². The van der Waals surface area contributed by atoms with Gasteiger partial charge in [-0.2, -0.15) is 0 Å². The second-order valence-corrected chi connectivity index (χ2v) is 5.10. The number of hydrogen-bond acceptors (Lipinski definition) is 2. The van der Waals surface area contributed by atoms with Crippen LogP contribution in [0, 0.1) is 6.92 Å². The molecule has 0 radical (unpaired) electrons. The van der Waals surface area contributed by atoms with E-state index in [0.29, 0.717) is 5.92 Å². The van der Waals surface area contributed by atoms with Gasteiger partial charge in [0.1, 0.15) is 11.6 Å². The number of nitrogen functional groups attached to an aromatic ring is 1. The second kappa shape index (κ2) is 3.30. The quantitative estimate of drug-likeness (QED) is 0.748. The van der Waals surface area contributed by atoms with Gasteiger partial charge in [-0.05, 0) is 27.7 Å². The molecule has 1 aromatic rings. The van der Waals surface area contributed by atoms with E-state index in [-0.39, 0.29) is 5.54 Å². The maximum Gasteiger partial charge on any atom is 0.127 e. The van der Waals surface area contributed by atoms with Gasteiger partial charge in [0.15, 0.2) is 0 Å². The van der Waals surface area contributed by atoms with Crippen molar-refractivity contribution < 1.29 is 0 Å². The Morgan fingerprint density at radius 2 is 1.79 bits per heavy atom. The summed E-state index contributed by atoms with van der Waals surface area (Å²) in [5.74, 6) is 2.28. The smallest absolute Gasteiger partial charge is 0.127 e. The third-order valence-electron chi connectivity index (χ3n) is 2.31. The van der Waals surface area contributed by atoms with E-state index in [1.54, 1.807) is 0 Å². The Morgan fingerprint density at radius 3 is 2.07 bits per heavy atom. The van der Waals surface area contributed by atoms with Gasteiger partial charge in [-0.1, -0.05) is 13.8 Å². The van der Waals surface area contributed by atoms with E-state index in [0.717, 1.165) is 17.3 Å². The molecule has 0 saturated heterocycles. The Balaban J connectivity index is 3.38. The summed E-state index contributed by atoms with van der Waals surface area (Å²) in [5, 5.41) is 0. The monoisotopic (exact) mass is 195 g/mol. The molecule has 3 heteroatoms. The minimum absolute atomic E-state index is 0.00491. The molecule has 1 heterocycles. The van der Waals surface area contributed by atoms with E-state index < -0.39 is 0 Å². The number of aryl methyl sites for hydroxylation is 1. The molecule has 14 heavy (non-hydrogen) atoms. The number of imidazole rings is 1. The van der Waals surface area contributed by atoms with Gasteiger partial charge in [0.2, 0.25) is 0 Å². The molecule has 80 valence electrons. The Morgan fingerprint density at radius 1 is 1.29 bits per heavy atom. The van der Waals surface area contributed by atoms with Gasteiger partial charge < -0.3 is 10.3 Å². The minimum Gasteiger partial charge on any atom is -0.384 e.